The van der Waals surface area contributed by atoms with Crippen molar-refractivity contribution in [3.8, 4) is 5.75 Å². The van der Waals surface area contributed by atoms with Crippen LogP contribution in [0.1, 0.15) is 82.9 Å². The summed E-state index contributed by atoms with van der Waals surface area (Å²) in [5.41, 5.74) is 7.46. The second kappa shape index (κ2) is 13.1. The molecule has 0 radical (unpaired) electrons. The highest BCUT2D eigenvalue weighted by atomic mass is 19.1. The number of nitrogens with two attached hydrogens (primary N) is 1. The zero-order chi connectivity index (χ0) is 20.1. The summed E-state index contributed by atoms with van der Waals surface area (Å²) < 4.78 is 18.8. The molecule has 0 aliphatic rings. The Balaban J connectivity index is 0.000000345. The lowest BCUT2D eigenvalue weighted by Crippen LogP contribution is -2.06. The van der Waals surface area contributed by atoms with Crippen molar-refractivity contribution in [2.24, 2.45) is 0 Å². The monoisotopic (exact) mass is 374 g/mol. The van der Waals surface area contributed by atoms with Crippen LogP contribution in [0.5, 0.6) is 5.75 Å². The summed E-state index contributed by atoms with van der Waals surface area (Å²) in [6.45, 7) is 8.28. The van der Waals surface area contributed by atoms with Gasteiger partial charge in [0.05, 0.1) is 0 Å². The fourth-order valence-electron chi connectivity index (χ4n) is 2.70. The highest BCUT2D eigenvalue weighted by Crippen LogP contribution is 2.26. The molecule has 150 valence electrons. The molecule has 0 amide bonds. The van der Waals surface area contributed by atoms with Crippen LogP contribution in [0.4, 0.5) is 10.2 Å². The van der Waals surface area contributed by atoms with Crippen molar-refractivity contribution in [3.63, 3.8) is 0 Å². The van der Waals surface area contributed by atoms with Crippen molar-refractivity contribution in [2.75, 3.05) is 5.73 Å². The topological polar surface area (TPSA) is 48.1 Å². The number of pyridine rings is 1. The molecule has 1 atom stereocenters. The number of anilines is 1. The molecule has 0 bridgehead atoms. The minimum Gasteiger partial charge on any atom is -0.482 e. The molecule has 2 rings (SSSR count). The van der Waals surface area contributed by atoms with Gasteiger partial charge in [-0.05, 0) is 43.2 Å². The van der Waals surface area contributed by atoms with E-state index in [-0.39, 0.29) is 11.9 Å². The van der Waals surface area contributed by atoms with Crippen molar-refractivity contribution in [3.05, 3.63) is 53.5 Å². The van der Waals surface area contributed by atoms with Gasteiger partial charge < -0.3 is 10.5 Å². The second-order valence-electron chi connectivity index (χ2n) is 6.98. The van der Waals surface area contributed by atoms with Gasteiger partial charge in [0.2, 0.25) is 0 Å². The standard InChI is InChI=1S/C14H15FN2O.C9H20/c1-9-6-13(14(16)17-8-9)18-10(2)11-4-3-5-12(15)7-11;1-3-5-7-9-8-6-4-2/h3-8,10H,1-2H3,(H2,16,17);3-9H2,1-2H3. The van der Waals surface area contributed by atoms with E-state index in [0.717, 1.165) is 11.1 Å². The molecule has 1 unspecified atom stereocenters. The van der Waals surface area contributed by atoms with Crippen LogP contribution in [-0.2, 0) is 0 Å². The number of benzene rings is 1. The van der Waals surface area contributed by atoms with Gasteiger partial charge in [0, 0.05) is 6.20 Å². The summed E-state index contributed by atoms with van der Waals surface area (Å²) in [4.78, 5) is 4.02. The summed E-state index contributed by atoms with van der Waals surface area (Å²) in [5, 5.41) is 0. The first-order valence-electron chi connectivity index (χ1n) is 10.1. The number of nitrogen functional groups attached to an aromatic ring is 1. The van der Waals surface area contributed by atoms with Crippen LogP contribution in [0.15, 0.2) is 36.5 Å². The summed E-state index contributed by atoms with van der Waals surface area (Å²) in [5.74, 6) is 0.578. The van der Waals surface area contributed by atoms with Crippen molar-refractivity contribution in [2.45, 2.75) is 78.7 Å². The maximum absolute atomic E-state index is 13.1. The largest absolute Gasteiger partial charge is 0.482 e. The van der Waals surface area contributed by atoms with E-state index in [2.05, 4.69) is 18.8 Å². The third-order valence-corrected chi connectivity index (χ3v) is 4.35. The van der Waals surface area contributed by atoms with Gasteiger partial charge in [0.25, 0.3) is 0 Å². The average Bonchev–Trinajstić information content (AvgIpc) is 2.65. The molecule has 0 aliphatic carbocycles. The maximum atomic E-state index is 13.1. The van der Waals surface area contributed by atoms with Gasteiger partial charge >= 0.3 is 0 Å². The van der Waals surface area contributed by atoms with Crippen molar-refractivity contribution < 1.29 is 9.13 Å². The normalized spacial score (nSPS) is 11.4. The molecular formula is C23H35FN2O. The number of aromatic nitrogens is 1. The molecular weight excluding hydrogens is 339 g/mol. The summed E-state index contributed by atoms with van der Waals surface area (Å²) in [7, 11) is 0. The summed E-state index contributed by atoms with van der Waals surface area (Å²) in [6.07, 6.45) is 11.4. The number of hydrogen-bond donors (Lipinski definition) is 1. The number of hydrogen-bond acceptors (Lipinski definition) is 3. The van der Waals surface area contributed by atoms with E-state index in [0.29, 0.717) is 11.6 Å². The Morgan fingerprint density at radius 2 is 1.67 bits per heavy atom. The van der Waals surface area contributed by atoms with E-state index < -0.39 is 0 Å². The molecule has 1 aromatic carbocycles. The number of aryl methyl sites for hydroxylation is 1. The number of unbranched alkanes of at least 4 members (excludes halogenated alkanes) is 6. The van der Waals surface area contributed by atoms with Gasteiger partial charge in [-0.25, -0.2) is 9.37 Å². The van der Waals surface area contributed by atoms with Crippen LogP contribution >= 0.6 is 0 Å². The van der Waals surface area contributed by atoms with Gasteiger partial charge in [-0.1, -0.05) is 70.9 Å². The Kier molecular flexibility index (Phi) is 11.2. The molecule has 0 aliphatic heterocycles. The molecule has 27 heavy (non-hydrogen) atoms. The molecule has 2 N–H and O–H groups in total. The second-order valence-corrected chi connectivity index (χ2v) is 6.98. The smallest absolute Gasteiger partial charge is 0.166 e. The quantitative estimate of drug-likeness (QED) is 0.480. The first-order valence-corrected chi connectivity index (χ1v) is 10.1. The van der Waals surface area contributed by atoms with Crippen LogP contribution in [0.25, 0.3) is 0 Å². The van der Waals surface area contributed by atoms with Crippen molar-refractivity contribution >= 4 is 5.82 Å². The zero-order valence-electron chi connectivity index (χ0n) is 17.3. The molecule has 4 heteroatoms. The number of rotatable bonds is 9. The van der Waals surface area contributed by atoms with E-state index in [1.165, 1.54) is 57.1 Å². The van der Waals surface area contributed by atoms with E-state index in [1.54, 1.807) is 12.3 Å². The van der Waals surface area contributed by atoms with E-state index in [9.17, 15) is 4.39 Å². The van der Waals surface area contributed by atoms with E-state index >= 15 is 0 Å². The van der Waals surface area contributed by atoms with Gasteiger partial charge in [0.1, 0.15) is 11.9 Å². The third-order valence-electron chi connectivity index (χ3n) is 4.35. The van der Waals surface area contributed by atoms with Gasteiger partial charge in [0.15, 0.2) is 11.6 Å². The minimum atomic E-state index is -0.286. The highest BCUT2D eigenvalue weighted by Gasteiger charge is 2.11. The molecule has 2 aromatic rings. The summed E-state index contributed by atoms with van der Waals surface area (Å²) >= 11 is 0. The first kappa shape index (κ1) is 22.9. The van der Waals surface area contributed by atoms with Crippen molar-refractivity contribution in [1.82, 2.24) is 4.98 Å². The predicted molar refractivity (Wildman–Crippen MR) is 112 cm³/mol. The Morgan fingerprint density at radius 3 is 2.26 bits per heavy atom. The van der Waals surface area contributed by atoms with Gasteiger partial charge in [-0.15, -0.1) is 0 Å². The van der Waals surface area contributed by atoms with Crippen LogP contribution in [0.3, 0.4) is 0 Å². The third kappa shape index (κ3) is 9.41. The van der Waals surface area contributed by atoms with Crippen molar-refractivity contribution in [1.29, 1.82) is 0 Å². The minimum absolute atomic E-state index is 0.279. The van der Waals surface area contributed by atoms with E-state index in [1.807, 2.05) is 26.0 Å². The van der Waals surface area contributed by atoms with Crippen LogP contribution in [0, 0.1) is 12.7 Å². The maximum Gasteiger partial charge on any atom is 0.166 e. The SMILES string of the molecule is CCCCCCCCC.Cc1cnc(N)c(OC(C)c2cccc(F)c2)c1. The number of nitrogens with zero attached hydrogens (tertiary/aromatic N) is 1. The van der Waals surface area contributed by atoms with Crippen LogP contribution in [-0.4, -0.2) is 4.98 Å². The lowest BCUT2D eigenvalue weighted by Gasteiger charge is -2.16. The molecule has 1 heterocycles. The molecule has 0 saturated carbocycles. The van der Waals surface area contributed by atoms with Crippen LogP contribution in [0.2, 0.25) is 0 Å². The fraction of sp³-hybridized carbons (Fsp3) is 0.522. The fourth-order valence-corrected chi connectivity index (χ4v) is 2.70. The first-order chi connectivity index (χ1) is 13.0. The lowest BCUT2D eigenvalue weighted by molar-refractivity contribution is 0.227. The predicted octanol–water partition coefficient (Wildman–Crippen LogP) is 7.01. The lowest BCUT2D eigenvalue weighted by atomic mass is 10.1. The molecule has 0 saturated heterocycles. The Labute approximate surface area is 164 Å². The molecule has 3 nitrogen and oxygen atoms in total. The Morgan fingerprint density at radius 1 is 1.04 bits per heavy atom. The molecule has 0 fully saturated rings. The Hall–Kier alpha value is -2.10. The number of halogens is 1. The molecule has 0 spiro atoms. The summed E-state index contributed by atoms with van der Waals surface area (Å²) in [6, 6.07) is 8.14. The van der Waals surface area contributed by atoms with Crippen LogP contribution < -0.4 is 10.5 Å². The van der Waals surface area contributed by atoms with Gasteiger partial charge in [-0.2, -0.15) is 0 Å². The van der Waals surface area contributed by atoms with Gasteiger partial charge in [-0.3, -0.25) is 0 Å². The van der Waals surface area contributed by atoms with E-state index in [4.69, 9.17) is 10.5 Å². The zero-order valence-corrected chi connectivity index (χ0v) is 17.3. The molecule has 1 aromatic heterocycles. The Bertz CT molecular complexity index is 655. The average molecular weight is 375 g/mol. The number of ether oxygens (including phenoxy) is 1. The highest BCUT2D eigenvalue weighted by molar-refractivity contribution is 5.47.